The standard InChI is InChI=1S/C16H18N2O2S/c1-21-15-8-4-13(5-9-15)18-10-12-2-6-14(7-3-12)20-11-16(17)19/h2-9,18H,10-11H2,1H3,(H2,17,19). The topological polar surface area (TPSA) is 64.3 Å². The molecule has 0 heterocycles. The first kappa shape index (κ1) is 15.3. The van der Waals surface area contributed by atoms with Gasteiger partial charge in [-0.25, -0.2) is 0 Å². The van der Waals surface area contributed by atoms with Crippen LogP contribution in [0.1, 0.15) is 5.56 Å². The van der Waals surface area contributed by atoms with Crippen molar-refractivity contribution in [3.63, 3.8) is 0 Å². The zero-order chi connectivity index (χ0) is 15.1. The predicted octanol–water partition coefficient (Wildman–Crippen LogP) is 2.88. The van der Waals surface area contributed by atoms with Crippen LogP contribution < -0.4 is 15.8 Å². The van der Waals surface area contributed by atoms with Crippen LogP contribution in [0, 0.1) is 0 Å². The second kappa shape index (κ2) is 7.59. The van der Waals surface area contributed by atoms with E-state index in [0.717, 1.165) is 17.8 Å². The van der Waals surface area contributed by atoms with Gasteiger partial charge < -0.3 is 15.8 Å². The summed E-state index contributed by atoms with van der Waals surface area (Å²) in [5.74, 6) is 0.163. The molecule has 0 aromatic heterocycles. The summed E-state index contributed by atoms with van der Waals surface area (Å²) in [6.45, 7) is 0.633. The average molecular weight is 302 g/mol. The number of carbonyl (C=O) groups excluding carboxylic acids is 1. The zero-order valence-corrected chi connectivity index (χ0v) is 12.7. The maximum Gasteiger partial charge on any atom is 0.255 e. The summed E-state index contributed by atoms with van der Waals surface area (Å²) < 4.78 is 5.21. The summed E-state index contributed by atoms with van der Waals surface area (Å²) in [6, 6.07) is 15.9. The van der Waals surface area contributed by atoms with Gasteiger partial charge in [0, 0.05) is 17.1 Å². The van der Waals surface area contributed by atoms with Crippen LogP contribution in [0.3, 0.4) is 0 Å². The lowest BCUT2D eigenvalue weighted by atomic mass is 10.2. The smallest absolute Gasteiger partial charge is 0.255 e. The summed E-state index contributed by atoms with van der Waals surface area (Å²) in [7, 11) is 0. The Morgan fingerprint density at radius 3 is 2.38 bits per heavy atom. The summed E-state index contributed by atoms with van der Waals surface area (Å²) in [5, 5.41) is 3.36. The number of nitrogens with two attached hydrogens (primary N) is 1. The molecule has 0 spiro atoms. The third-order valence-electron chi connectivity index (χ3n) is 2.89. The lowest BCUT2D eigenvalue weighted by molar-refractivity contribution is -0.119. The van der Waals surface area contributed by atoms with Gasteiger partial charge in [0.1, 0.15) is 5.75 Å². The number of nitrogens with one attached hydrogen (secondary N) is 1. The Kier molecular flexibility index (Phi) is 5.51. The van der Waals surface area contributed by atoms with Crippen molar-refractivity contribution in [1.29, 1.82) is 0 Å². The number of amides is 1. The maximum atomic E-state index is 10.6. The Balaban J connectivity index is 1.86. The highest BCUT2D eigenvalue weighted by atomic mass is 32.2. The molecular weight excluding hydrogens is 284 g/mol. The number of hydrogen-bond donors (Lipinski definition) is 2. The van der Waals surface area contributed by atoms with Crippen LogP contribution in [0.25, 0.3) is 0 Å². The zero-order valence-electron chi connectivity index (χ0n) is 11.8. The van der Waals surface area contributed by atoms with Crippen molar-refractivity contribution >= 4 is 23.4 Å². The molecule has 0 aliphatic rings. The van der Waals surface area contributed by atoms with Crippen LogP contribution in [0.15, 0.2) is 53.4 Å². The molecule has 0 saturated heterocycles. The predicted molar refractivity (Wildman–Crippen MR) is 86.7 cm³/mol. The van der Waals surface area contributed by atoms with Gasteiger partial charge in [0.2, 0.25) is 0 Å². The van der Waals surface area contributed by atoms with Crippen molar-refractivity contribution < 1.29 is 9.53 Å². The molecule has 3 N–H and O–H groups in total. The molecule has 1 amide bonds. The molecule has 0 fully saturated rings. The Bertz CT molecular complexity index is 582. The lowest BCUT2D eigenvalue weighted by Crippen LogP contribution is -2.19. The second-order valence-corrected chi connectivity index (χ2v) is 5.36. The Hall–Kier alpha value is -2.14. The molecule has 2 aromatic carbocycles. The largest absolute Gasteiger partial charge is 0.484 e. The van der Waals surface area contributed by atoms with Crippen LogP contribution in [-0.2, 0) is 11.3 Å². The SMILES string of the molecule is CSc1ccc(NCc2ccc(OCC(N)=O)cc2)cc1. The summed E-state index contributed by atoms with van der Waals surface area (Å²) in [5.41, 5.74) is 7.25. The number of anilines is 1. The van der Waals surface area contributed by atoms with Crippen molar-refractivity contribution in [2.45, 2.75) is 11.4 Å². The molecule has 0 aliphatic heterocycles. The first-order valence-electron chi connectivity index (χ1n) is 6.55. The number of benzene rings is 2. The Morgan fingerprint density at radius 2 is 1.81 bits per heavy atom. The minimum Gasteiger partial charge on any atom is -0.484 e. The van der Waals surface area contributed by atoms with Crippen molar-refractivity contribution in [3.05, 3.63) is 54.1 Å². The summed E-state index contributed by atoms with van der Waals surface area (Å²) in [4.78, 5) is 11.9. The van der Waals surface area contributed by atoms with Crippen LogP contribution in [0.2, 0.25) is 0 Å². The molecule has 0 radical (unpaired) electrons. The number of hydrogen-bond acceptors (Lipinski definition) is 4. The number of thioether (sulfide) groups is 1. The highest BCUT2D eigenvalue weighted by molar-refractivity contribution is 7.98. The number of ether oxygens (including phenoxy) is 1. The minimum absolute atomic E-state index is 0.0978. The normalized spacial score (nSPS) is 10.1. The van der Waals surface area contributed by atoms with Gasteiger partial charge in [-0.3, -0.25) is 4.79 Å². The van der Waals surface area contributed by atoms with E-state index < -0.39 is 5.91 Å². The fourth-order valence-corrected chi connectivity index (χ4v) is 2.18. The fourth-order valence-electron chi connectivity index (χ4n) is 1.77. The molecule has 2 aromatic rings. The van der Waals surface area contributed by atoms with Gasteiger partial charge in [0.15, 0.2) is 6.61 Å². The molecule has 0 saturated carbocycles. The fraction of sp³-hybridized carbons (Fsp3) is 0.188. The van der Waals surface area contributed by atoms with Crippen molar-refractivity contribution in [2.75, 3.05) is 18.2 Å². The van der Waals surface area contributed by atoms with Crippen LogP contribution in [0.4, 0.5) is 5.69 Å². The van der Waals surface area contributed by atoms with Crippen molar-refractivity contribution in [3.8, 4) is 5.75 Å². The molecule has 4 nitrogen and oxygen atoms in total. The maximum absolute atomic E-state index is 10.6. The van der Waals surface area contributed by atoms with Gasteiger partial charge in [-0.15, -0.1) is 11.8 Å². The van der Waals surface area contributed by atoms with Crippen LogP contribution >= 0.6 is 11.8 Å². The quantitative estimate of drug-likeness (QED) is 0.772. The first-order chi connectivity index (χ1) is 10.2. The van der Waals surface area contributed by atoms with Gasteiger partial charge in [-0.05, 0) is 48.2 Å². The van der Waals surface area contributed by atoms with Crippen LogP contribution in [0.5, 0.6) is 5.75 Å². The monoisotopic (exact) mass is 302 g/mol. The molecular formula is C16H18N2O2S. The molecule has 21 heavy (non-hydrogen) atoms. The van der Waals surface area contributed by atoms with E-state index in [-0.39, 0.29) is 6.61 Å². The molecule has 2 rings (SSSR count). The summed E-state index contributed by atoms with van der Waals surface area (Å²) in [6.07, 6.45) is 2.06. The van der Waals surface area contributed by atoms with Gasteiger partial charge in [-0.1, -0.05) is 12.1 Å². The lowest BCUT2D eigenvalue weighted by Gasteiger charge is -2.08. The minimum atomic E-state index is -0.477. The van der Waals surface area contributed by atoms with Gasteiger partial charge in [0.25, 0.3) is 5.91 Å². The molecule has 0 bridgehead atoms. The van der Waals surface area contributed by atoms with E-state index in [2.05, 4.69) is 35.8 Å². The molecule has 0 unspecified atom stereocenters. The molecule has 5 heteroatoms. The van der Waals surface area contributed by atoms with Gasteiger partial charge in [0.05, 0.1) is 0 Å². The highest BCUT2D eigenvalue weighted by Crippen LogP contribution is 2.18. The van der Waals surface area contributed by atoms with E-state index in [1.165, 1.54) is 4.90 Å². The third kappa shape index (κ3) is 5.04. The molecule has 110 valence electrons. The first-order valence-corrected chi connectivity index (χ1v) is 7.78. The molecule has 0 atom stereocenters. The Labute approximate surface area is 128 Å². The van der Waals surface area contributed by atoms with E-state index in [9.17, 15) is 4.79 Å². The second-order valence-electron chi connectivity index (χ2n) is 4.48. The highest BCUT2D eigenvalue weighted by Gasteiger charge is 1.99. The Morgan fingerprint density at radius 1 is 1.14 bits per heavy atom. The average Bonchev–Trinajstić information content (AvgIpc) is 2.52. The number of primary amides is 1. The third-order valence-corrected chi connectivity index (χ3v) is 3.63. The van der Waals surface area contributed by atoms with E-state index in [1.54, 1.807) is 11.8 Å². The van der Waals surface area contributed by atoms with Gasteiger partial charge >= 0.3 is 0 Å². The van der Waals surface area contributed by atoms with Crippen LogP contribution in [-0.4, -0.2) is 18.8 Å². The number of rotatable bonds is 7. The van der Waals surface area contributed by atoms with E-state index in [1.807, 2.05) is 24.3 Å². The summed E-state index contributed by atoms with van der Waals surface area (Å²) >= 11 is 1.73. The van der Waals surface area contributed by atoms with Crippen molar-refractivity contribution in [2.24, 2.45) is 5.73 Å². The number of carbonyl (C=O) groups is 1. The van der Waals surface area contributed by atoms with Crippen molar-refractivity contribution in [1.82, 2.24) is 0 Å². The van der Waals surface area contributed by atoms with E-state index >= 15 is 0 Å². The van der Waals surface area contributed by atoms with Gasteiger partial charge in [-0.2, -0.15) is 0 Å². The molecule has 0 aliphatic carbocycles. The van der Waals surface area contributed by atoms with E-state index in [4.69, 9.17) is 10.5 Å². The van der Waals surface area contributed by atoms with E-state index in [0.29, 0.717) is 5.75 Å².